The number of nitriles is 1. The van der Waals surface area contributed by atoms with Gasteiger partial charge in [0.15, 0.2) is 0 Å². The SMILES string of the molecule is N#Cc1ccc(S(=O)(=O)NCC(c2ccc(F)cc2)N2CCOCC2)cc1Cl. The highest BCUT2D eigenvalue weighted by Gasteiger charge is 2.25. The minimum Gasteiger partial charge on any atom is -0.379 e. The van der Waals surface area contributed by atoms with E-state index in [4.69, 9.17) is 21.6 Å². The van der Waals surface area contributed by atoms with E-state index in [2.05, 4.69) is 9.62 Å². The van der Waals surface area contributed by atoms with Crippen molar-refractivity contribution in [2.75, 3.05) is 32.8 Å². The summed E-state index contributed by atoms with van der Waals surface area (Å²) in [7, 11) is -3.83. The second-order valence-corrected chi connectivity index (χ2v) is 8.50. The lowest BCUT2D eigenvalue weighted by Gasteiger charge is -2.34. The van der Waals surface area contributed by atoms with Crippen LogP contribution in [0, 0.1) is 17.1 Å². The number of halogens is 2. The molecule has 1 saturated heterocycles. The van der Waals surface area contributed by atoms with Gasteiger partial charge in [0.2, 0.25) is 10.0 Å². The molecule has 0 amide bonds. The third-order valence-corrected chi connectivity index (χ3v) is 6.31. The maximum atomic E-state index is 13.3. The Bertz CT molecular complexity index is 971. The zero-order valence-electron chi connectivity index (χ0n) is 14.9. The lowest BCUT2D eigenvalue weighted by molar-refractivity contribution is 0.0172. The molecule has 0 aromatic heterocycles. The fourth-order valence-corrected chi connectivity index (χ4v) is 4.41. The van der Waals surface area contributed by atoms with Gasteiger partial charge in [0, 0.05) is 25.7 Å². The maximum Gasteiger partial charge on any atom is 0.240 e. The molecule has 28 heavy (non-hydrogen) atoms. The molecule has 0 aliphatic carbocycles. The van der Waals surface area contributed by atoms with Crippen LogP contribution in [0.5, 0.6) is 0 Å². The highest BCUT2D eigenvalue weighted by atomic mass is 35.5. The molecule has 2 aromatic carbocycles. The van der Waals surface area contributed by atoms with E-state index in [0.717, 1.165) is 5.56 Å². The summed E-state index contributed by atoms with van der Waals surface area (Å²) in [6.45, 7) is 2.50. The van der Waals surface area contributed by atoms with Crippen molar-refractivity contribution in [3.05, 3.63) is 64.4 Å². The predicted molar refractivity (Wildman–Crippen MR) is 103 cm³/mol. The van der Waals surface area contributed by atoms with Crippen LogP contribution >= 0.6 is 11.6 Å². The summed E-state index contributed by atoms with van der Waals surface area (Å²) in [5.41, 5.74) is 1.02. The van der Waals surface area contributed by atoms with Crippen LogP contribution in [0.1, 0.15) is 17.2 Å². The number of hydrogen-bond donors (Lipinski definition) is 1. The first-order valence-corrected chi connectivity index (χ1v) is 10.5. The molecule has 1 N–H and O–H groups in total. The van der Waals surface area contributed by atoms with Gasteiger partial charge in [0.1, 0.15) is 11.9 Å². The minimum absolute atomic E-state index is 0.0173. The molecule has 1 aliphatic heterocycles. The molecule has 148 valence electrons. The zero-order chi connectivity index (χ0) is 20.1. The van der Waals surface area contributed by atoms with Crippen LogP contribution in [-0.2, 0) is 14.8 Å². The molecule has 1 heterocycles. The van der Waals surface area contributed by atoms with E-state index < -0.39 is 10.0 Å². The average Bonchev–Trinajstić information content (AvgIpc) is 2.70. The number of nitrogens with one attached hydrogen (secondary N) is 1. The highest BCUT2D eigenvalue weighted by Crippen LogP contribution is 2.24. The Kier molecular flexibility index (Phi) is 6.65. The second-order valence-electron chi connectivity index (χ2n) is 6.32. The molecule has 0 spiro atoms. The van der Waals surface area contributed by atoms with Crippen molar-refractivity contribution < 1.29 is 17.5 Å². The number of sulfonamides is 1. The van der Waals surface area contributed by atoms with Gasteiger partial charge in [-0.25, -0.2) is 17.5 Å². The van der Waals surface area contributed by atoms with Gasteiger partial charge in [-0.05, 0) is 35.9 Å². The van der Waals surface area contributed by atoms with E-state index in [1.54, 1.807) is 12.1 Å². The Balaban J connectivity index is 1.81. The van der Waals surface area contributed by atoms with Gasteiger partial charge in [-0.3, -0.25) is 4.90 Å². The van der Waals surface area contributed by atoms with Crippen LogP contribution in [-0.4, -0.2) is 46.2 Å². The lowest BCUT2D eigenvalue weighted by atomic mass is 10.0. The van der Waals surface area contributed by atoms with E-state index in [9.17, 15) is 12.8 Å². The molecule has 2 aromatic rings. The van der Waals surface area contributed by atoms with Crippen molar-refractivity contribution in [3.63, 3.8) is 0 Å². The molecule has 1 atom stereocenters. The van der Waals surface area contributed by atoms with Gasteiger partial charge in [0.05, 0.1) is 28.7 Å². The fraction of sp³-hybridized carbons (Fsp3) is 0.316. The van der Waals surface area contributed by atoms with E-state index in [1.165, 1.54) is 30.3 Å². The topological polar surface area (TPSA) is 82.4 Å². The third kappa shape index (κ3) is 4.87. The third-order valence-electron chi connectivity index (χ3n) is 4.58. The van der Waals surface area contributed by atoms with Crippen LogP contribution in [0.3, 0.4) is 0 Å². The summed E-state index contributed by atoms with van der Waals surface area (Å²) in [6, 6.07) is 11.6. The summed E-state index contributed by atoms with van der Waals surface area (Å²) < 4.78 is 46.7. The lowest BCUT2D eigenvalue weighted by Crippen LogP contribution is -2.43. The fourth-order valence-electron chi connectivity index (χ4n) is 3.06. The summed E-state index contributed by atoms with van der Waals surface area (Å²) >= 11 is 5.96. The number of morpholine rings is 1. The molecule has 0 saturated carbocycles. The van der Waals surface area contributed by atoms with Crippen LogP contribution < -0.4 is 4.72 Å². The standard InChI is InChI=1S/C19H19ClFN3O3S/c20-18-11-17(6-3-15(18)12-22)28(25,26)23-13-19(24-7-9-27-10-8-24)14-1-4-16(21)5-2-14/h1-6,11,19,23H,7-10,13H2. The second kappa shape index (κ2) is 8.99. The van der Waals surface area contributed by atoms with Gasteiger partial charge in [-0.2, -0.15) is 5.26 Å². The molecule has 1 unspecified atom stereocenters. The van der Waals surface area contributed by atoms with Crippen molar-refractivity contribution in [2.45, 2.75) is 10.9 Å². The molecular weight excluding hydrogens is 405 g/mol. The van der Waals surface area contributed by atoms with E-state index in [1.807, 2.05) is 6.07 Å². The number of hydrogen-bond acceptors (Lipinski definition) is 5. The Morgan fingerprint density at radius 1 is 1.21 bits per heavy atom. The van der Waals surface area contributed by atoms with Crippen LogP contribution in [0.25, 0.3) is 0 Å². The molecule has 1 fully saturated rings. The first-order chi connectivity index (χ1) is 13.4. The summed E-state index contributed by atoms with van der Waals surface area (Å²) in [4.78, 5) is 2.08. The number of ether oxygens (including phenoxy) is 1. The van der Waals surface area contributed by atoms with Crippen LogP contribution in [0.2, 0.25) is 5.02 Å². The largest absolute Gasteiger partial charge is 0.379 e. The van der Waals surface area contributed by atoms with Gasteiger partial charge < -0.3 is 4.74 Å². The van der Waals surface area contributed by atoms with Crippen molar-refractivity contribution >= 4 is 21.6 Å². The van der Waals surface area contributed by atoms with Gasteiger partial charge in [0.25, 0.3) is 0 Å². The van der Waals surface area contributed by atoms with Gasteiger partial charge in [-0.1, -0.05) is 23.7 Å². The number of rotatable bonds is 6. The van der Waals surface area contributed by atoms with Gasteiger partial charge in [-0.15, -0.1) is 0 Å². The molecule has 6 nitrogen and oxygen atoms in total. The zero-order valence-corrected chi connectivity index (χ0v) is 16.5. The molecule has 3 rings (SSSR count). The van der Waals surface area contributed by atoms with Crippen molar-refractivity contribution in [1.29, 1.82) is 5.26 Å². The summed E-state index contributed by atoms with van der Waals surface area (Å²) in [6.07, 6.45) is 0. The maximum absolute atomic E-state index is 13.3. The number of benzene rings is 2. The first-order valence-electron chi connectivity index (χ1n) is 8.67. The molecule has 9 heteroatoms. The minimum atomic E-state index is -3.83. The van der Waals surface area contributed by atoms with Crippen molar-refractivity contribution in [2.24, 2.45) is 0 Å². The smallest absolute Gasteiger partial charge is 0.240 e. The summed E-state index contributed by atoms with van der Waals surface area (Å²) in [5, 5.41) is 9.01. The van der Waals surface area contributed by atoms with Crippen molar-refractivity contribution in [3.8, 4) is 6.07 Å². The van der Waals surface area contributed by atoms with Crippen LogP contribution in [0.15, 0.2) is 47.4 Å². The average molecular weight is 424 g/mol. The van der Waals surface area contributed by atoms with E-state index in [-0.39, 0.29) is 33.9 Å². The number of nitrogens with zero attached hydrogens (tertiary/aromatic N) is 2. The molecular formula is C19H19ClFN3O3S. The normalized spacial score (nSPS) is 16.5. The Morgan fingerprint density at radius 2 is 1.89 bits per heavy atom. The van der Waals surface area contributed by atoms with E-state index in [0.29, 0.717) is 26.3 Å². The quantitative estimate of drug-likeness (QED) is 0.772. The monoisotopic (exact) mass is 423 g/mol. The summed E-state index contributed by atoms with van der Waals surface area (Å²) in [5.74, 6) is -0.350. The molecule has 0 radical (unpaired) electrons. The Labute approximate surface area is 168 Å². The van der Waals surface area contributed by atoms with Crippen LogP contribution in [0.4, 0.5) is 4.39 Å². The van der Waals surface area contributed by atoms with Gasteiger partial charge >= 0.3 is 0 Å². The first kappa shape index (κ1) is 20.7. The Morgan fingerprint density at radius 3 is 2.50 bits per heavy atom. The highest BCUT2D eigenvalue weighted by molar-refractivity contribution is 7.89. The molecule has 0 bridgehead atoms. The predicted octanol–water partition coefficient (Wildman–Crippen LogP) is 2.70. The molecule has 1 aliphatic rings. The van der Waals surface area contributed by atoms with Crippen molar-refractivity contribution in [1.82, 2.24) is 9.62 Å². The Hall–Kier alpha value is -2.02. The van der Waals surface area contributed by atoms with E-state index >= 15 is 0 Å².